The molecular formula is C17H34N4O. The molecule has 0 aromatic carbocycles. The molecule has 0 aromatic heterocycles. The fourth-order valence-corrected chi connectivity index (χ4v) is 3.15. The van der Waals surface area contributed by atoms with Gasteiger partial charge in [0.05, 0.1) is 0 Å². The smallest absolute Gasteiger partial charge is 0.317 e. The van der Waals surface area contributed by atoms with Gasteiger partial charge in [-0.15, -0.1) is 0 Å². The minimum atomic E-state index is 0.125. The lowest BCUT2D eigenvalue weighted by molar-refractivity contribution is 0.161. The van der Waals surface area contributed by atoms with Crippen molar-refractivity contribution in [3.8, 4) is 0 Å². The van der Waals surface area contributed by atoms with Gasteiger partial charge in [-0.1, -0.05) is 13.8 Å². The molecule has 0 atom stereocenters. The Kier molecular flexibility index (Phi) is 6.50. The van der Waals surface area contributed by atoms with Gasteiger partial charge in [0.1, 0.15) is 0 Å². The first kappa shape index (κ1) is 17.5. The van der Waals surface area contributed by atoms with Gasteiger partial charge in [0, 0.05) is 44.8 Å². The van der Waals surface area contributed by atoms with Crippen LogP contribution in [0, 0.1) is 5.92 Å². The second kappa shape index (κ2) is 8.16. The average molecular weight is 310 g/mol. The van der Waals surface area contributed by atoms with Crippen LogP contribution in [0.15, 0.2) is 0 Å². The predicted octanol–water partition coefficient (Wildman–Crippen LogP) is 1.84. The summed E-state index contributed by atoms with van der Waals surface area (Å²) in [7, 11) is 4.11. The van der Waals surface area contributed by atoms with E-state index in [-0.39, 0.29) is 6.03 Å². The minimum absolute atomic E-state index is 0.125. The first-order valence-electron chi connectivity index (χ1n) is 8.90. The molecule has 1 N–H and O–H groups in total. The maximum absolute atomic E-state index is 12.6. The van der Waals surface area contributed by atoms with Crippen molar-refractivity contribution in [3.05, 3.63) is 0 Å². The largest absolute Gasteiger partial charge is 0.335 e. The number of nitrogens with zero attached hydrogens (tertiary/aromatic N) is 3. The van der Waals surface area contributed by atoms with E-state index in [1.54, 1.807) is 0 Å². The molecular weight excluding hydrogens is 276 g/mol. The van der Waals surface area contributed by atoms with Gasteiger partial charge in [-0.25, -0.2) is 4.79 Å². The van der Waals surface area contributed by atoms with Crippen molar-refractivity contribution < 1.29 is 4.79 Å². The summed E-state index contributed by atoms with van der Waals surface area (Å²) in [6, 6.07) is 1.34. The van der Waals surface area contributed by atoms with Crippen molar-refractivity contribution >= 4 is 6.03 Å². The predicted molar refractivity (Wildman–Crippen MR) is 91.1 cm³/mol. The Balaban J connectivity index is 1.76. The number of piperidine rings is 1. The number of hydrogen-bond acceptors (Lipinski definition) is 3. The molecule has 2 rings (SSSR count). The monoisotopic (exact) mass is 310 g/mol. The molecule has 5 heteroatoms. The molecule has 2 aliphatic rings. The summed E-state index contributed by atoms with van der Waals surface area (Å²) in [5.41, 5.74) is 0. The highest BCUT2D eigenvalue weighted by atomic mass is 16.2. The fraction of sp³-hybridized carbons (Fsp3) is 0.941. The zero-order chi connectivity index (χ0) is 16.1. The van der Waals surface area contributed by atoms with Crippen molar-refractivity contribution in [2.45, 2.75) is 51.6 Å². The summed E-state index contributed by atoms with van der Waals surface area (Å²) >= 11 is 0. The fourth-order valence-electron chi connectivity index (χ4n) is 3.15. The van der Waals surface area contributed by atoms with Gasteiger partial charge in [0.15, 0.2) is 0 Å². The number of rotatable bonds is 7. The normalized spacial score (nSPS) is 20.6. The van der Waals surface area contributed by atoms with Crippen LogP contribution in [0.3, 0.4) is 0 Å². The van der Waals surface area contributed by atoms with E-state index in [2.05, 4.69) is 43.1 Å². The van der Waals surface area contributed by atoms with E-state index in [0.29, 0.717) is 12.0 Å². The second-order valence-electron chi connectivity index (χ2n) is 7.63. The zero-order valence-electron chi connectivity index (χ0n) is 14.8. The van der Waals surface area contributed by atoms with E-state index in [0.717, 1.165) is 51.6 Å². The maximum atomic E-state index is 12.6. The molecule has 22 heavy (non-hydrogen) atoms. The average Bonchev–Trinajstić information content (AvgIpc) is 3.28. The highest BCUT2D eigenvalue weighted by Gasteiger charge is 2.32. The molecule has 1 saturated heterocycles. The molecule has 0 radical (unpaired) electrons. The van der Waals surface area contributed by atoms with Crippen LogP contribution in [0.25, 0.3) is 0 Å². The lowest BCUT2D eigenvalue weighted by Gasteiger charge is -2.34. The summed E-state index contributed by atoms with van der Waals surface area (Å²) in [6.07, 6.45) is 4.96. The van der Waals surface area contributed by atoms with Crippen molar-refractivity contribution in [1.29, 1.82) is 0 Å². The summed E-state index contributed by atoms with van der Waals surface area (Å²) in [4.78, 5) is 19.3. The van der Waals surface area contributed by atoms with Crippen LogP contribution >= 0.6 is 0 Å². The molecule has 0 unspecified atom stereocenters. The Morgan fingerprint density at radius 2 is 1.77 bits per heavy atom. The van der Waals surface area contributed by atoms with Crippen LogP contribution in [0.2, 0.25) is 0 Å². The van der Waals surface area contributed by atoms with Crippen molar-refractivity contribution in [2.24, 2.45) is 5.92 Å². The highest BCUT2D eigenvalue weighted by molar-refractivity contribution is 5.74. The third-order valence-corrected chi connectivity index (χ3v) is 4.61. The van der Waals surface area contributed by atoms with E-state index in [1.807, 2.05) is 4.90 Å². The van der Waals surface area contributed by atoms with Crippen LogP contribution in [0.1, 0.15) is 39.5 Å². The van der Waals surface area contributed by atoms with Gasteiger partial charge in [0.2, 0.25) is 0 Å². The summed E-state index contributed by atoms with van der Waals surface area (Å²) in [5, 5.41) is 3.27. The van der Waals surface area contributed by atoms with E-state index in [1.165, 1.54) is 12.8 Å². The number of carbonyl (C=O) groups excluding carboxylic acids is 1. The number of likely N-dealkylation sites (N-methyl/N-ethyl adjacent to an activating group) is 1. The Morgan fingerprint density at radius 1 is 1.14 bits per heavy atom. The Bertz CT molecular complexity index is 347. The van der Waals surface area contributed by atoms with Crippen molar-refractivity contribution in [2.75, 3.05) is 46.8 Å². The molecule has 0 aromatic rings. The van der Waals surface area contributed by atoms with Crippen molar-refractivity contribution in [3.63, 3.8) is 0 Å². The molecule has 2 amide bonds. The van der Waals surface area contributed by atoms with Gasteiger partial charge >= 0.3 is 6.03 Å². The van der Waals surface area contributed by atoms with Crippen LogP contribution < -0.4 is 5.32 Å². The quantitative estimate of drug-likeness (QED) is 0.780. The number of urea groups is 1. The van der Waals surface area contributed by atoms with Crippen LogP contribution in [0.4, 0.5) is 4.79 Å². The van der Waals surface area contributed by atoms with Gasteiger partial charge in [0.25, 0.3) is 0 Å². The van der Waals surface area contributed by atoms with Gasteiger partial charge in [-0.3, -0.25) is 0 Å². The summed E-state index contributed by atoms with van der Waals surface area (Å²) in [5.74, 6) is 0.504. The maximum Gasteiger partial charge on any atom is 0.317 e. The first-order chi connectivity index (χ1) is 10.5. The van der Waals surface area contributed by atoms with E-state index in [9.17, 15) is 4.79 Å². The molecule has 1 aliphatic heterocycles. The molecule has 128 valence electrons. The zero-order valence-corrected chi connectivity index (χ0v) is 14.8. The summed E-state index contributed by atoms with van der Waals surface area (Å²) < 4.78 is 0. The van der Waals surface area contributed by atoms with E-state index >= 15 is 0 Å². The third kappa shape index (κ3) is 5.76. The number of likely N-dealkylation sites (tertiary alicyclic amines) is 1. The topological polar surface area (TPSA) is 38.8 Å². The molecule has 0 bridgehead atoms. The SMILES string of the molecule is CC(C)CN(CCN(C)C)C(=O)NC1CCN(C2CC2)CC1. The van der Waals surface area contributed by atoms with E-state index in [4.69, 9.17) is 0 Å². The van der Waals surface area contributed by atoms with Crippen LogP contribution in [-0.4, -0.2) is 79.6 Å². The standard InChI is InChI=1S/C17H34N4O/c1-14(2)13-21(12-11-19(3)4)17(22)18-15-7-9-20(10-8-15)16-5-6-16/h14-16H,5-13H2,1-4H3,(H,18,22). The lowest BCUT2D eigenvalue weighted by Crippen LogP contribution is -2.51. The number of nitrogens with one attached hydrogen (secondary N) is 1. The number of amides is 2. The molecule has 1 saturated carbocycles. The van der Waals surface area contributed by atoms with Crippen molar-refractivity contribution in [1.82, 2.24) is 20.0 Å². The minimum Gasteiger partial charge on any atom is -0.335 e. The lowest BCUT2D eigenvalue weighted by atomic mass is 10.1. The Morgan fingerprint density at radius 3 is 2.27 bits per heavy atom. The van der Waals surface area contributed by atoms with Crippen LogP contribution in [-0.2, 0) is 0 Å². The van der Waals surface area contributed by atoms with Gasteiger partial charge < -0.3 is 20.0 Å². The third-order valence-electron chi connectivity index (χ3n) is 4.61. The van der Waals surface area contributed by atoms with E-state index < -0.39 is 0 Å². The molecule has 5 nitrogen and oxygen atoms in total. The Labute approximate surface area is 136 Å². The molecule has 1 aliphatic carbocycles. The second-order valence-corrected chi connectivity index (χ2v) is 7.63. The van der Waals surface area contributed by atoms with Gasteiger partial charge in [-0.2, -0.15) is 0 Å². The first-order valence-corrected chi connectivity index (χ1v) is 8.90. The molecule has 0 spiro atoms. The number of carbonyl (C=O) groups is 1. The highest BCUT2D eigenvalue weighted by Crippen LogP contribution is 2.29. The van der Waals surface area contributed by atoms with Gasteiger partial charge in [-0.05, 0) is 45.7 Å². The molecule has 2 fully saturated rings. The Hall–Kier alpha value is -0.810. The van der Waals surface area contributed by atoms with Crippen LogP contribution in [0.5, 0.6) is 0 Å². The summed E-state index contributed by atoms with van der Waals surface area (Å²) in [6.45, 7) is 9.20. The molecule has 1 heterocycles. The number of hydrogen-bond donors (Lipinski definition) is 1.